The number of ether oxygens (including phenoxy) is 1. The predicted octanol–water partition coefficient (Wildman–Crippen LogP) is 1.53. The molecule has 0 unspecified atom stereocenters. The molecule has 0 amide bonds. The molecule has 0 heterocycles. The fraction of sp³-hybridized carbons (Fsp3) is 0.429. The summed E-state index contributed by atoms with van der Waals surface area (Å²) in [6, 6.07) is 7.93. The maximum Gasteiger partial charge on any atom is 0.148 e. The van der Waals surface area contributed by atoms with Crippen molar-refractivity contribution < 1.29 is 4.74 Å². The van der Waals surface area contributed by atoms with Crippen LogP contribution in [0.2, 0.25) is 0 Å². The highest BCUT2D eigenvalue weighted by Gasteiger charge is 2.01. The van der Waals surface area contributed by atoms with E-state index in [0.717, 1.165) is 43.8 Å². The molecule has 0 spiro atoms. The van der Waals surface area contributed by atoms with Gasteiger partial charge in [-0.1, -0.05) is 24.1 Å². The molecular formula is C14H20N2O. The van der Waals surface area contributed by atoms with Gasteiger partial charge < -0.3 is 15.8 Å². The normalized spacial score (nSPS) is 9.88. The lowest BCUT2D eigenvalue weighted by molar-refractivity contribution is 0.364. The molecule has 92 valence electrons. The molecule has 3 nitrogen and oxygen atoms in total. The third kappa shape index (κ3) is 5.39. The molecule has 1 aromatic carbocycles. The van der Waals surface area contributed by atoms with E-state index >= 15 is 0 Å². The van der Waals surface area contributed by atoms with Gasteiger partial charge in [0.1, 0.15) is 12.4 Å². The molecule has 0 aliphatic heterocycles. The molecule has 3 heteroatoms. The van der Waals surface area contributed by atoms with Gasteiger partial charge in [-0.2, -0.15) is 0 Å². The smallest absolute Gasteiger partial charge is 0.148 e. The van der Waals surface area contributed by atoms with Crippen molar-refractivity contribution in [1.82, 2.24) is 5.32 Å². The first-order chi connectivity index (χ1) is 8.38. The van der Waals surface area contributed by atoms with Gasteiger partial charge in [-0.15, -0.1) is 6.42 Å². The maximum absolute atomic E-state index is 5.47. The van der Waals surface area contributed by atoms with Crippen molar-refractivity contribution in [1.29, 1.82) is 0 Å². The van der Waals surface area contributed by atoms with E-state index in [-0.39, 0.29) is 0 Å². The van der Waals surface area contributed by atoms with E-state index in [1.807, 2.05) is 24.3 Å². The summed E-state index contributed by atoms with van der Waals surface area (Å²) in [7, 11) is 0. The predicted molar refractivity (Wildman–Crippen MR) is 70.8 cm³/mol. The lowest BCUT2D eigenvalue weighted by Crippen LogP contribution is -2.16. The van der Waals surface area contributed by atoms with Crippen LogP contribution in [0.15, 0.2) is 24.3 Å². The molecule has 17 heavy (non-hydrogen) atoms. The Morgan fingerprint density at radius 3 is 2.88 bits per heavy atom. The number of hydrogen-bond acceptors (Lipinski definition) is 3. The molecular weight excluding hydrogens is 212 g/mol. The molecule has 0 aliphatic rings. The van der Waals surface area contributed by atoms with Crippen LogP contribution >= 0.6 is 0 Å². The van der Waals surface area contributed by atoms with Crippen LogP contribution in [0.1, 0.15) is 18.4 Å². The second-order valence-corrected chi connectivity index (χ2v) is 3.77. The van der Waals surface area contributed by atoms with Gasteiger partial charge in [0.15, 0.2) is 0 Å². The van der Waals surface area contributed by atoms with Gasteiger partial charge in [-0.05, 0) is 32.0 Å². The second-order valence-electron chi connectivity index (χ2n) is 3.77. The number of nitrogens with two attached hydrogens (primary N) is 1. The van der Waals surface area contributed by atoms with Crippen LogP contribution in [0.5, 0.6) is 5.75 Å². The molecule has 0 radical (unpaired) electrons. The van der Waals surface area contributed by atoms with Crippen LogP contribution in [0.3, 0.4) is 0 Å². The van der Waals surface area contributed by atoms with Crippen LogP contribution in [-0.2, 0) is 6.54 Å². The molecule has 3 N–H and O–H groups in total. The maximum atomic E-state index is 5.47. The third-order valence-electron chi connectivity index (χ3n) is 2.41. The number of unbranched alkanes of at least 4 members (excludes halogenated alkanes) is 1. The van der Waals surface area contributed by atoms with Gasteiger partial charge >= 0.3 is 0 Å². The van der Waals surface area contributed by atoms with Gasteiger partial charge in [0, 0.05) is 12.1 Å². The minimum Gasteiger partial charge on any atom is -0.481 e. The van der Waals surface area contributed by atoms with Crippen LogP contribution in [0.4, 0.5) is 0 Å². The number of nitrogens with one attached hydrogen (secondary N) is 1. The fourth-order valence-corrected chi connectivity index (χ4v) is 1.53. The van der Waals surface area contributed by atoms with Crippen molar-refractivity contribution in [2.45, 2.75) is 19.4 Å². The van der Waals surface area contributed by atoms with Crippen molar-refractivity contribution >= 4 is 0 Å². The molecule has 0 saturated heterocycles. The Morgan fingerprint density at radius 2 is 2.12 bits per heavy atom. The quantitative estimate of drug-likeness (QED) is 0.528. The standard InChI is InChI=1S/C14H20N2O/c1-2-11-17-14-8-4-3-7-13(14)12-16-10-6-5-9-15/h1,3-4,7-8,16H,5-6,9-12,15H2. The summed E-state index contributed by atoms with van der Waals surface area (Å²) >= 11 is 0. The highest BCUT2D eigenvalue weighted by molar-refractivity contribution is 5.33. The highest BCUT2D eigenvalue weighted by Crippen LogP contribution is 2.17. The Balaban J connectivity index is 2.38. The van der Waals surface area contributed by atoms with Gasteiger partial charge in [0.25, 0.3) is 0 Å². The first-order valence-electron chi connectivity index (χ1n) is 5.93. The summed E-state index contributed by atoms with van der Waals surface area (Å²) in [5.74, 6) is 3.33. The molecule has 1 aromatic rings. The Morgan fingerprint density at radius 1 is 1.29 bits per heavy atom. The van der Waals surface area contributed by atoms with E-state index in [1.54, 1.807) is 0 Å². The average molecular weight is 232 g/mol. The van der Waals surface area contributed by atoms with Crippen molar-refractivity contribution in [3.05, 3.63) is 29.8 Å². The van der Waals surface area contributed by atoms with E-state index in [4.69, 9.17) is 16.9 Å². The van der Waals surface area contributed by atoms with Crippen molar-refractivity contribution in [3.63, 3.8) is 0 Å². The molecule has 0 fully saturated rings. The summed E-state index contributed by atoms with van der Waals surface area (Å²) in [5.41, 5.74) is 6.57. The zero-order valence-corrected chi connectivity index (χ0v) is 10.1. The Bertz CT molecular complexity index is 357. The summed E-state index contributed by atoms with van der Waals surface area (Å²) < 4.78 is 5.47. The second kappa shape index (κ2) is 8.63. The van der Waals surface area contributed by atoms with Crippen LogP contribution in [0.25, 0.3) is 0 Å². The lowest BCUT2D eigenvalue weighted by atomic mass is 10.2. The van der Waals surface area contributed by atoms with E-state index in [0.29, 0.717) is 6.61 Å². The molecule has 0 aromatic heterocycles. The molecule has 0 aliphatic carbocycles. The molecule has 0 bridgehead atoms. The topological polar surface area (TPSA) is 47.3 Å². The van der Waals surface area contributed by atoms with Gasteiger partial charge in [-0.3, -0.25) is 0 Å². The number of hydrogen-bond donors (Lipinski definition) is 2. The minimum atomic E-state index is 0.310. The molecule has 0 atom stereocenters. The van der Waals surface area contributed by atoms with E-state index in [9.17, 15) is 0 Å². The fourth-order valence-electron chi connectivity index (χ4n) is 1.53. The average Bonchev–Trinajstić information content (AvgIpc) is 2.37. The number of terminal acetylenes is 1. The largest absolute Gasteiger partial charge is 0.481 e. The number of para-hydroxylation sites is 1. The Hall–Kier alpha value is -1.50. The van der Waals surface area contributed by atoms with Crippen molar-refractivity contribution in [3.8, 4) is 18.1 Å². The van der Waals surface area contributed by atoms with Crippen LogP contribution in [-0.4, -0.2) is 19.7 Å². The summed E-state index contributed by atoms with van der Waals surface area (Å²) in [6.45, 7) is 2.83. The van der Waals surface area contributed by atoms with E-state index < -0.39 is 0 Å². The molecule has 0 saturated carbocycles. The molecule has 1 rings (SSSR count). The first kappa shape index (κ1) is 13.6. The van der Waals surface area contributed by atoms with E-state index in [1.165, 1.54) is 0 Å². The summed E-state index contributed by atoms with van der Waals surface area (Å²) in [6.07, 6.45) is 7.34. The number of rotatable bonds is 8. The third-order valence-corrected chi connectivity index (χ3v) is 2.41. The van der Waals surface area contributed by atoms with Gasteiger partial charge in [-0.25, -0.2) is 0 Å². The minimum absolute atomic E-state index is 0.310. The van der Waals surface area contributed by atoms with Gasteiger partial charge in [0.2, 0.25) is 0 Å². The summed E-state index contributed by atoms with van der Waals surface area (Å²) in [5, 5.41) is 3.37. The lowest BCUT2D eigenvalue weighted by Gasteiger charge is -2.10. The zero-order chi connectivity index (χ0) is 12.3. The SMILES string of the molecule is C#CCOc1ccccc1CNCCCCN. The zero-order valence-electron chi connectivity index (χ0n) is 10.1. The number of benzene rings is 1. The first-order valence-corrected chi connectivity index (χ1v) is 5.93. The van der Waals surface area contributed by atoms with Crippen LogP contribution in [0, 0.1) is 12.3 Å². The van der Waals surface area contributed by atoms with Crippen LogP contribution < -0.4 is 15.8 Å². The Kier molecular flexibility index (Phi) is 6.89. The summed E-state index contributed by atoms with van der Waals surface area (Å²) in [4.78, 5) is 0. The van der Waals surface area contributed by atoms with E-state index in [2.05, 4.69) is 11.2 Å². The highest BCUT2D eigenvalue weighted by atomic mass is 16.5. The Labute approximate surface area is 103 Å². The van der Waals surface area contributed by atoms with Gasteiger partial charge in [0.05, 0.1) is 0 Å². The monoisotopic (exact) mass is 232 g/mol. The van der Waals surface area contributed by atoms with Crippen molar-refractivity contribution in [2.75, 3.05) is 19.7 Å². The van der Waals surface area contributed by atoms with Crippen molar-refractivity contribution in [2.24, 2.45) is 5.73 Å².